The van der Waals surface area contributed by atoms with Crippen molar-refractivity contribution < 1.29 is 23.9 Å². The first kappa shape index (κ1) is 22.7. The van der Waals surface area contributed by atoms with Crippen LogP contribution in [-0.2, 0) is 19.1 Å². The molecule has 0 fully saturated rings. The van der Waals surface area contributed by atoms with Crippen LogP contribution in [0.1, 0.15) is 38.9 Å². The second kappa shape index (κ2) is 9.73. The Labute approximate surface area is 172 Å². The number of ether oxygens (including phenoxy) is 2. The molecule has 0 spiro atoms. The molecule has 0 bridgehead atoms. The summed E-state index contributed by atoms with van der Waals surface area (Å²) in [7, 11) is 3.11. The predicted octanol–water partition coefficient (Wildman–Crippen LogP) is 2.34. The zero-order valence-electron chi connectivity index (χ0n) is 17.9. The number of amides is 3. The Morgan fingerprint density at radius 1 is 1.24 bits per heavy atom. The highest BCUT2D eigenvalue weighted by molar-refractivity contribution is 6.01. The Kier molecular flexibility index (Phi) is 7.61. The number of rotatable bonds is 4. The number of carbonyl (C=O) groups is 3. The zero-order chi connectivity index (χ0) is 21.6. The van der Waals surface area contributed by atoms with Gasteiger partial charge in [-0.1, -0.05) is 39.0 Å². The summed E-state index contributed by atoms with van der Waals surface area (Å²) >= 11 is 0. The summed E-state index contributed by atoms with van der Waals surface area (Å²) in [6.45, 7) is 6.12. The molecule has 0 aromatic heterocycles. The van der Waals surface area contributed by atoms with E-state index in [2.05, 4.69) is 5.32 Å². The van der Waals surface area contributed by atoms with Crippen molar-refractivity contribution in [1.29, 1.82) is 0 Å². The van der Waals surface area contributed by atoms with Crippen LogP contribution in [0.5, 0.6) is 0 Å². The summed E-state index contributed by atoms with van der Waals surface area (Å²) in [5.41, 5.74) is 1.23. The number of nitrogens with one attached hydrogen (secondary N) is 1. The highest BCUT2D eigenvalue weighted by Gasteiger charge is 2.31. The van der Waals surface area contributed by atoms with Crippen molar-refractivity contribution in [3.63, 3.8) is 0 Å². The summed E-state index contributed by atoms with van der Waals surface area (Å²) < 4.78 is 11.1. The topological polar surface area (TPSA) is 88.2 Å². The fraction of sp³-hybridized carbons (Fsp3) is 0.571. The van der Waals surface area contributed by atoms with Crippen LogP contribution in [0.4, 0.5) is 10.5 Å². The first-order chi connectivity index (χ1) is 13.7. The Morgan fingerprint density at radius 3 is 2.55 bits per heavy atom. The third kappa shape index (κ3) is 6.19. The molecule has 160 valence electrons. The molecule has 1 atom stereocenters. The average Bonchev–Trinajstić information content (AvgIpc) is 2.73. The third-order valence-electron chi connectivity index (χ3n) is 4.61. The molecule has 1 aromatic carbocycles. The third-order valence-corrected chi connectivity index (χ3v) is 4.61. The molecule has 1 heterocycles. The fourth-order valence-electron chi connectivity index (χ4n) is 3.06. The molecule has 29 heavy (non-hydrogen) atoms. The van der Waals surface area contributed by atoms with E-state index in [0.29, 0.717) is 18.7 Å². The monoisotopic (exact) mass is 405 g/mol. The van der Waals surface area contributed by atoms with Crippen molar-refractivity contribution in [3.05, 3.63) is 29.8 Å². The summed E-state index contributed by atoms with van der Waals surface area (Å²) in [5.74, 6) is -0.659. The van der Waals surface area contributed by atoms with Crippen LogP contribution in [0.25, 0.3) is 0 Å². The van der Waals surface area contributed by atoms with Crippen LogP contribution in [0.15, 0.2) is 24.3 Å². The van der Waals surface area contributed by atoms with Crippen molar-refractivity contribution in [2.75, 3.05) is 45.3 Å². The number of anilines is 1. The van der Waals surface area contributed by atoms with Gasteiger partial charge in [0.25, 0.3) is 0 Å². The van der Waals surface area contributed by atoms with Gasteiger partial charge in [0.2, 0.25) is 11.8 Å². The van der Waals surface area contributed by atoms with Gasteiger partial charge in [-0.05, 0) is 17.9 Å². The smallest absolute Gasteiger partial charge is 0.410 e. The summed E-state index contributed by atoms with van der Waals surface area (Å²) in [6, 6.07) is 7.33. The normalized spacial score (nSPS) is 17.7. The number of likely N-dealkylation sites (N-methyl/N-ethyl adjacent to an activating group) is 1. The lowest BCUT2D eigenvalue weighted by Gasteiger charge is -2.27. The minimum absolute atomic E-state index is 0.145. The maximum absolute atomic E-state index is 13.1. The molecular weight excluding hydrogens is 374 g/mol. The van der Waals surface area contributed by atoms with E-state index in [-0.39, 0.29) is 43.0 Å². The average molecular weight is 405 g/mol. The van der Waals surface area contributed by atoms with Crippen molar-refractivity contribution in [3.8, 4) is 0 Å². The van der Waals surface area contributed by atoms with E-state index in [1.165, 1.54) is 16.8 Å². The molecule has 0 radical (unpaired) electrons. The summed E-state index contributed by atoms with van der Waals surface area (Å²) in [4.78, 5) is 40.6. The highest BCUT2D eigenvalue weighted by atomic mass is 16.6. The van der Waals surface area contributed by atoms with E-state index in [9.17, 15) is 14.4 Å². The molecule has 0 aliphatic carbocycles. The SMILES string of the molecule is CNC(=O)CN1C(=O)CN(C(=O)OCC(C)(C)C)CCC(OC)c2ccccc21. The fourth-order valence-corrected chi connectivity index (χ4v) is 3.06. The quantitative estimate of drug-likeness (QED) is 0.831. The van der Waals surface area contributed by atoms with Crippen molar-refractivity contribution in [1.82, 2.24) is 10.2 Å². The molecule has 1 unspecified atom stereocenters. The van der Waals surface area contributed by atoms with Gasteiger partial charge in [-0.15, -0.1) is 0 Å². The molecular formula is C21H31N3O5. The summed E-state index contributed by atoms with van der Waals surface area (Å²) in [5, 5.41) is 2.54. The van der Waals surface area contributed by atoms with Crippen LogP contribution in [0, 0.1) is 5.41 Å². The molecule has 1 aliphatic rings. The van der Waals surface area contributed by atoms with E-state index in [1.807, 2.05) is 39.0 Å². The highest BCUT2D eigenvalue weighted by Crippen LogP contribution is 2.32. The van der Waals surface area contributed by atoms with Gasteiger partial charge in [-0.3, -0.25) is 14.5 Å². The van der Waals surface area contributed by atoms with E-state index in [1.54, 1.807) is 13.2 Å². The van der Waals surface area contributed by atoms with E-state index >= 15 is 0 Å². The number of hydrogen-bond acceptors (Lipinski definition) is 5. The molecule has 3 amide bonds. The van der Waals surface area contributed by atoms with Crippen LogP contribution in [0.2, 0.25) is 0 Å². The first-order valence-electron chi connectivity index (χ1n) is 9.70. The van der Waals surface area contributed by atoms with E-state index < -0.39 is 6.09 Å². The molecule has 0 saturated heterocycles. The second-order valence-electron chi connectivity index (χ2n) is 8.26. The maximum Gasteiger partial charge on any atom is 0.410 e. The van der Waals surface area contributed by atoms with Gasteiger partial charge in [-0.25, -0.2) is 4.79 Å². The molecule has 0 saturated carbocycles. The lowest BCUT2D eigenvalue weighted by Crippen LogP contribution is -2.46. The van der Waals surface area contributed by atoms with E-state index in [0.717, 1.165) is 5.56 Å². The number of nitrogens with zero attached hydrogens (tertiary/aromatic N) is 2. The van der Waals surface area contributed by atoms with E-state index in [4.69, 9.17) is 9.47 Å². The molecule has 8 nitrogen and oxygen atoms in total. The van der Waals surface area contributed by atoms with Gasteiger partial charge >= 0.3 is 6.09 Å². The second-order valence-corrected chi connectivity index (χ2v) is 8.26. The number of hydrogen-bond donors (Lipinski definition) is 1. The van der Waals surface area contributed by atoms with Gasteiger partial charge < -0.3 is 19.7 Å². The van der Waals surface area contributed by atoms with Crippen molar-refractivity contribution >= 4 is 23.6 Å². The molecule has 8 heteroatoms. The van der Waals surface area contributed by atoms with Gasteiger partial charge in [0.05, 0.1) is 18.4 Å². The van der Waals surface area contributed by atoms with Crippen molar-refractivity contribution in [2.24, 2.45) is 5.41 Å². The van der Waals surface area contributed by atoms with Gasteiger partial charge in [0, 0.05) is 26.3 Å². The van der Waals surface area contributed by atoms with Crippen LogP contribution in [-0.4, -0.2) is 63.2 Å². The van der Waals surface area contributed by atoms with Gasteiger partial charge in [0.1, 0.15) is 13.1 Å². The predicted molar refractivity (Wildman–Crippen MR) is 110 cm³/mol. The number of methoxy groups -OCH3 is 1. The van der Waals surface area contributed by atoms with Crippen LogP contribution < -0.4 is 10.2 Å². The Bertz CT molecular complexity index is 744. The van der Waals surface area contributed by atoms with Crippen molar-refractivity contribution in [2.45, 2.75) is 33.3 Å². The Morgan fingerprint density at radius 2 is 1.93 bits per heavy atom. The Hall–Kier alpha value is -2.61. The number of para-hydroxylation sites is 1. The molecule has 1 aliphatic heterocycles. The lowest BCUT2D eigenvalue weighted by atomic mass is 9.99. The van der Waals surface area contributed by atoms with Crippen LogP contribution in [0.3, 0.4) is 0 Å². The molecule has 2 rings (SSSR count). The minimum Gasteiger partial charge on any atom is -0.449 e. The van der Waals surface area contributed by atoms with Crippen LogP contribution >= 0.6 is 0 Å². The van der Waals surface area contributed by atoms with Gasteiger partial charge in [-0.2, -0.15) is 0 Å². The Balaban J connectivity index is 2.35. The minimum atomic E-state index is -0.547. The molecule has 1 aromatic rings. The molecule has 1 N–H and O–H groups in total. The number of fused-ring (bicyclic) bond motifs is 1. The largest absolute Gasteiger partial charge is 0.449 e. The maximum atomic E-state index is 13.1. The summed E-state index contributed by atoms with van der Waals surface area (Å²) in [6.07, 6.45) is -0.379. The number of carbonyl (C=O) groups excluding carboxylic acids is 3. The standard InChI is InChI=1S/C21H31N3O5/c1-21(2,3)14-29-20(27)23-11-10-17(28-5)15-8-6-7-9-16(15)24(19(26)13-23)12-18(25)22-4/h6-9,17H,10-14H2,1-5H3,(H,22,25). The van der Waals surface area contributed by atoms with Gasteiger partial charge in [0.15, 0.2) is 0 Å². The lowest BCUT2D eigenvalue weighted by molar-refractivity contribution is -0.124. The first-order valence-corrected chi connectivity index (χ1v) is 9.70. The zero-order valence-corrected chi connectivity index (χ0v) is 17.9. The number of benzene rings is 1.